The van der Waals surface area contributed by atoms with Crippen molar-refractivity contribution in [3.8, 4) is 6.07 Å². The van der Waals surface area contributed by atoms with Gasteiger partial charge in [0.15, 0.2) is 0 Å². The zero-order chi connectivity index (χ0) is 14.9. The average molecular weight is 286 g/mol. The molecule has 110 valence electrons. The number of ether oxygens (including phenoxy) is 1. The van der Waals surface area contributed by atoms with Crippen LogP contribution < -0.4 is 10.2 Å². The summed E-state index contributed by atoms with van der Waals surface area (Å²) in [4.78, 5) is 18.6. The van der Waals surface area contributed by atoms with Gasteiger partial charge in [-0.05, 0) is 12.5 Å². The van der Waals surface area contributed by atoms with Crippen LogP contribution in [0, 0.1) is 22.7 Å². The number of nitrogens with one attached hydrogen (secondary N) is 1. The monoisotopic (exact) mass is 286 g/mol. The van der Waals surface area contributed by atoms with E-state index in [-0.39, 0.29) is 11.8 Å². The summed E-state index contributed by atoms with van der Waals surface area (Å²) in [5.74, 6) is 0.221. The quantitative estimate of drug-likeness (QED) is 0.858. The summed E-state index contributed by atoms with van der Waals surface area (Å²) < 4.78 is 5.56. The summed E-state index contributed by atoms with van der Waals surface area (Å²) in [5.41, 5.74) is 0.976. The highest BCUT2D eigenvalue weighted by atomic mass is 16.5. The van der Waals surface area contributed by atoms with Crippen molar-refractivity contribution in [1.29, 1.82) is 5.26 Å². The third-order valence-electron chi connectivity index (χ3n) is 4.65. The van der Waals surface area contributed by atoms with E-state index in [0.29, 0.717) is 31.9 Å². The molecule has 1 N–H and O–H groups in total. The van der Waals surface area contributed by atoms with Crippen molar-refractivity contribution < 1.29 is 9.53 Å². The number of nitrogens with zero attached hydrogens (tertiary/aromatic N) is 3. The Morgan fingerprint density at radius 3 is 3.29 bits per heavy atom. The van der Waals surface area contributed by atoms with E-state index in [1.54, 1.807) is 25.5 Å². The first-order valence-corrected chi connectivity index (χ1v) is 7.10. The highest BCUT2D eigenvalue weighted by molar-refractivity contribution is 5.84. The number of carbonyl (C=O) groups is 1. The smallest absolute Gasteiger partial charge is 0.228 e. The Kier molecular flexibility index (Phi) is 3.52. The molecule has 0 unspecified atom stereocenters. The Morgan fingerprint density at radius 1 is 1.67 bits per heavy atom. The molecule has 0 radical (unpaired) electrons. The summed E-state index contributed by atoms with van der Waals surface area (Å²) in [6.45, 7) is 2.52. The number of pyridine rings is 1. The van der Waals surface area contributed by atoms with E-state index in [1.165, 1.54) is 0 Å². The van der Waals surface area contributed by atoms with Gasteiger partial charge in [-0.3, -0.25) is 9.78 Å². The first kappa shape index (κ1) is 13.8. The Labute approximate surface area is 123 Å². The van der Waals surface area contributed by atoms with Crippen molar-refractivity contribution in [1.82, 2.24) is 10.3 Å². The third-order valence-corrected chi connectivity index (χ3v) is 4.65. The number of aromatic nitrogens is 1. The summed E-state index contributed by atoms with van der Waals surface area (Å²) in [6.07, 6.45) is 4.03. The lowest BCUT2D eigenvalue weighted by Gasteiger charge is -2.36. The van der Waals surface area contributed by atoms with Crippen LogP contribution in [0.1, 0.15) is 12.0 Å². The normalized spacial score (nSPS) is 27.8. The maximum atomic E-state index is 12.4. The maximum absolute atomic E-state index is 12.4. The molecule has 1 amide bonds. The topological polar surface area (TPSA) is 78.2 Å². The molecule has 0 spiro atoms. The SMILES string of the molecule is CNC(=O)[C@]12CCOC[C@H]1CN(c1cnccc1C#N)C2. The van der Waals surface area contributed by atoms with Crippen molar-refractivity contribution in [2.45, 2.75) is 6.42 Å². The maximum Gasteiger partial charge on any atom is 0.228 e. The highest BCUT2D eigenvalue weighted by Gasteiger charge is 2.53. The number of hydrogen-bond acceptors (Lipinski definition) is 5. The fourth-order valence-electron chi connectivity index (χ4n) is 3.49. The second kappa shape index (κ2) is 5.34. The minimum absolute atomic E-state index is 0.0701. The Hall–Kier alpha value is -2.13. The first-order chi connectivity index (χ1) is 10.2. The summed E-state index contributed by atoms with van der Waals surface area (Å²) in [6, 6.07) is 3.90. The zero-order valence-corrected chi connectivity index (χ0v) is 12.0. The Bertz CT molecular complexity index is 598. The molecule has 2 saturated heterocycles. The van der Waals surface area contributed by atoms with E-state index < -0.39 is 5.41 Å². The fraction of sp³-hybridized carbons (Fsp3) is 0.533. The van der Waals surface area contributed by atoms with Gasteiger partial charge >= 0.3 is 0 Å². The number of fused-ring (bicyclic) bond motifs is 1. The second-order valence-corrected chi connectivity index (χ2v) is 5.64. The van der Waals surface area contributed by atoms with Gasteiger partial charge in [-0.2, -0.15) is 5.26 Å². The fourth-order valence-corrected chi connectivity index (χ4v) is 3.49. The van der Waals surface area contributed by atoms with Crippen LogP contribution in [0.2, 0.25) is 0 Å². The van der Waals surface area contributed by atoms with Crippen LogP contribution in [0.25, 0.3) is 0 Å². The minimum atomic E-state index is -0.421. The molecule has 0 aliphatic carbocycles. The predicted octanol–water partition coefficient (Wildman–Crippen LogP) is 0.542. The van der Waals surface area contributed by atoms with Crippen molar-refractivity contribution in [2.24, 2.45) is 11.3 Å². The Balaban J connectivity index is 1.95. The molecule has 6 nitrogen and oxygen atoms in total. The molecule has 6 heteroatoms. The zero-order valence-electron chi connectivity index (χ0n) is 12.0. The summed E-state index contributed by atoms with van der Waals surface area (Å²) in [7, 11) is 1.68. The number of hydrogen-bond donors (Lipinski definition) is 1. The van der Waals surface area contributed by atoms with Gasteiger partial charge in [0.2, 0.25) is 5.91 Å². The highest BCUT2D eigenvalue weighted by Crippen LogP contribution is 2.44. The molecule has 3 heterocycles. The summed E-state index contributed by atoms with van der Waals surface area (Å²) in [5, 5.41) is 12.0. The van der Waals surface area contributed by atoms with Gasteiger partial charge in [0.05, 0.1) is 29.5 Å². The van der Waals surface area contributed by atoms with Crippen molar-refractivity contribution in [3.05, 3.63) is 24.0 Å². The van der Waals surface area contributed by atoms with Gasteiger partial charge in [0.25, 0.3) is 0 Å². The molecule has 2 aliphatic rings. The van der Waals surface area contributed by atoms with Crippen LogP contribution in [0.3, 0.4) is 0 Å². The van der Waals surface area contributed by atoms with Crippen LogP contribution in [0.4, 0.5) is 5.69 Å². The van der Waals surface area contributed by atoms with Gasteiger partial charge < -0.3 is 15.0 Å². The second-order valence-electron chi connectivity index (χ2n) is 5.64. The molecule has 0 bridgehead atoms. The van der Waals surface area contributed by atoms with Gasteiger partial charge in [-0.25, -0.2) is 0 Å². The van der Waals surface area contributed by atoms with E-state index >= 15 is 0 Å². The van der Waals surface area contributed by atoms with Gasteiger partial charge in [0.1, 0.15) is 6.07 Å². The molecule has 0 saturated carbocycles. The van der Waals surface area contributed by atoms with E-state index in [9.17, 15) is 10.1 Å². The standard InChI is InChI=1S/C15H18N4O2/c1-17-14(20)15-3-5-21-9-12(15)8-19(10-15)13-7-18-4-2-11(13)6-16/h2,4,7,12H,3,5,8-10H2,1H3,(H,17,20)/t12-,15+/m1/s1. The van der Waals surface area contributed by atoms with Crippen LogP contribution in [-0.2, 0) is 9.53 Å². The first-order valence-electron chi connectivity index (χ1n) is 7.10. The molecule has 2 aliphatic heterocycles. The number of amides is 1. The molecule has 3 rings (SSSR count). The van der Waals surface area contributed by atoms with Crippen LogP contribution in [0.15, 0.2) is 18.5 Å². The van der Waals surface area contributed by atoms with Crippen molar-refractivity contribution in [2.75, 3.05) is 38.3 Å². The number of carbonyl (C=O) groups excluding carboxylic acids is 1. The molecular formula is C15H18N4O2. The summed E-state index contributed by atoms with van der Waals surface area (Å²) >= 11 is 0. The molecule has 2 fully saturated rings. The van der Waals surface area contributed by atoms with E-state index in [1.807, 2.05) is 0 Å². The number of nitriles is 1. The van der Waals surface area contributed by atoms with Crippen LogP contribution in [0.5, 0.6) is 0 Å². The van der Waals surface area contributed by atoms with Crippen molar-refractivity contribution in [3.63, 3.8) is 0 Å². The van der Waals surface area contributed by atoms with Crippen LogP contribution >= 0.6 is 0 Å². The largest absolute Gasteiger partial charge is 0.381 e. The lowest BCUT2D eigenvalue weighted by Crippen LogP contribution is -2.49. The minimum Gasteiger partial charge on any atom is -0.381 e. The molecule has 2 atom stereocenters. The van der Waals surface area contributed by atoms with Gasteiger partial charge in [-0.1, -0.05) is 0 Å². The van der Waals surface area contributed by atoms with E-state index in [0.717, 1.165) is 12.1 Å². The predicted molar refractivity (Wildman–Crippen MR) is 76.6 cm³/mol. The molecule has 0 aromatic carbocycles. The molecule has 21 heavy (non-hydrogen) atoms. The number of rotatable bonds is 2. The molecule has 1 aromatic heterocycles. The van der Waals surface area contributed by atoms with Gasteiger partial charge in [0, 0.05) is 38.9 Å². The van der Waals surface area contributed by atoms with Crippen LogP contribution in [-0.4, -0.2) is 44.2 Å². The molecular weight excluding hydrogens is 268 g/mol. The third kappa shape index (κ3) is 2.14. The lowest BCUT2D eigenvalue weighted by atomic mass is 9.73. The van der Waals surface area contributed by atoms with Crippen molar-refractivity contribution >= 4 is 11.6 Å². The van der Waals surface area contributed by atoms with E-state index in [2.05, 4.69) is 21.3 Å². The van der Waals surface area contributed by atoms with Gasteiger partial charge in [-0.15, -0.1) is 0 Å². The number of anilines is 1. The van der Waals surface area contributed by atoms with E-state index in [4.69, 9.17) is 4.74 Å². The average Bonchev–Trinajstić information content (AvgIpc) is 2.94. The Morgan fingerprint density at radius 2 is 2.52 bits per heavy atom. The molecule has 1 aromatic rings. The lowest BCUT2D eigenvalue weighted by molar-refractivity contribution is -0.138.